The Kier molecular flexibility index (Phi) is 12.0. The van der Waals surface area contributed by atoms with Crippen molar-refractivity contribution in [1.82, 2.24) is 14.9 Å². The Labute approximate surface area is 227 Å². The van der Waals surface area contributed by atoms with Gasteiger partial charge >= 0.3 is 0 Å². The number of carbonyl (C=O) groups is 1. The number of nitrogens with one attached hydrogen (secondary N) is 1. The molecule has 7 heteroatoms. The number of rotatable bonds is 13. The normalized spacial score (nSPS) is 12.5. The first-order valence-electron chi connectivity index (χ1n) is 12.7. The molecule has 0 amide bonds. The van der Waals surface area contributed by atoms with E-state index in [0.29, 0.717) is 25.5 Å². The lowest BCUT2D eigenvalue weighted by Gasteiger charge is -2.27. The van der Waals surface area contributed by atoms with Crippen molar-refractivity contribution in [2.75, 3.05) is 13.2 Å². The molecular formula is C31H42N4O3. The SMILES string of the molecule is C=C(C)OCC(c1ccccc1)n1cnc(C)c1.C=C(NC(COCc1ccccc1)C(C)=O)C(C)(C)N. The van der Waals surface area contributed by atoms with Crippen LogP contribution in [0.5, 0.6) is 0 Å². The van der Waals surface area contributed by atoms with Crippen molar-refractivity contribution in [2.24, 2.45) is 5.73 Å². The summed E-state index contributed by atoms with van der Waals surface area (Å²) >= 11 is 0. The number of benzene rings is 2. The average molecular weight is 519 g/mol. The zero-order chi connectivity index (χ0) is 28.1. The smallest absolute Gasteiger partial charge is 0.154 e. The highest BCUT2D eigenvalue weighted by Crippen LogP contribution is 2.20. The van der Waals surface area contributed by atoms with Gasteiger partial charge in [-0.3, -0.25) is 4.79 Å². The van der Waals surface area contributed by atoms with Gasteiger partial charge in [0.15, 0.2) is 5.78 Å². The molecule has 2 aromatic carbocycles. The summed E-state index contributed by atoms with van der Waals surface area (Å²) in [5.41, 5.74) is 9.27. The highest BCUT2D eigenvalue weighted by Gasteiger charge is 2.21. The maximum atomic E-state index is 11.6. The quantitative estimate of drug-likeness (QED) is 0.297. The van der Waals surface area contributed by atoms with Crippen molar-refractivity contribution >= 4 is 5.78 Å². The van der Waals surface area contributed by atoms with Gasteiger partial charge in [0.25, 0.3) is 0 Å². The number of carbonyl (C=O) groups excluding carboxylic acids is 1. The lowest BCUT2D eigenvalue weighted by Crippen LogP contribution is -2.47. The van der Waals surface area contributed by atoms with Crippen LogP contribution in [0.25, 0.3) is 0 Å². The van der Waals surface area contributed by atoms with Crippen molar-refractivity contribution in [1.29, 1.82) is 0 Å². The number of nitrogens with two attached hydrogens (primary N) is 1. The van der Waals surface area contributed by atoms with E-state index >= 15 is 0 Å². The highest BCUT2D eigenvalue weighted by molar-refractivity contribution is 5.81. The summed E-state index contributed by atoms with van der Waals surface area (Å²) in [5, 5.41) is 3.05. The minimum Gasteiger partial charge on any atom is -0.496 e. The standard InChI is InChI=1S/C16H24N2O2.C15H18N2O/c1-12(19)15(18-13(2)16(3,4)17)11-20-10-14-8-6-5-7-9-14;1-12(2)18-10-15(14-7-5-4-6-8-14)17-9-13(3)16-11-17/h5-9,15,18H,2,10-11,17H2,1,3-4H3;4-9,11,15H,1,10H2,2-3H3. The molecule has 0 aliphatic carbocycles. The van der Waals surface area contributed by atoms with E-state index in [9.17, 15) is 4.79 Å². The number of aromatic nitrogens is 2. The lowest BCUT2D eigenvalue weighted by atomic mass is 10.0. The number of hydrogen-bond donors (Lipinski definition) is 2. The number of allylic oxidation sites excluding steroid dienone is 1. The lowest BCUT2D eigenvalue weighted by molar-refractivity contribution is -0.120. The van der Waals surface area contributed by atoms with Crippen molar-refractivity contribution in [3.63, 3.8) is 0 Å². The van der Waals surface area contributed by atoms with Gasteiger partial charge in [-0.05, 0) is 45.7 Å². The Morgan fingerprint density at radius 2 is 1.66 bits per heavy atom. The Morgan fingerprint density at radius 1 is 1.05 bits per heavy atom. The Hall–Kier alpha value is -3.68. The van der Waals surface area contributed by atoms with Crippen molar-refractivity contribution in [3.8, 4) is 0 Å². The number of nitrogens with zero attached hydrogens (tertiary/aromatic N) is 2. The Morgan fingerprint density at radius 3 is 2.16 bits per heavy atom. The van der Waals surface area contributed by atoms with Gasteiger partial charge in [0.05, 0.1) is 37.0 Å². The molecule has 3 N–H and O–H groups in total. The second-order valence-corrected chi connectivity index (χ2v) is 9.91. The van der Waals surface area contributed by atoms with Crippen LogP contribution in [0.4, 0.5) is 0 Å². The molecule has 1 aromatic heterocycles. The minimum atomic E-state index is -0.576. The predicted molar refractivity (Wildman–Crippen MR) is 153 cm³/mol. The summed E-state index contributed by atoms with van der Waals surface area (Å²) in [4.78, 5) is 15.9. The molecule has 38 heavy (non-hydrogen) atoms. The Balaban J connectivity index is 0.000000268. The fraction of sp³-hybridized carbons (Fsp3) is 0.355. The number of ketones is 1. The van der Waals surface area contributed by atoms with Crippen LogP contribution in [0.2, 0.25) is 0 Å². The molecule has 2 unspecified atom stereocenters. The number of aryl methyl sites for hydroxylation is 1. The second-order valence-electron chi connectivity index (χ2n) is 9.91. The van der Waals surface area contributed by atoms with E-state index in [1.165, 1.54) is 12.5 Å². The van der Waals surface area contributed by atoms with Crippen LogP contribution in [0.15, 0.2) is 97.8 Å². The van der Waals surface area contributed by atoms with Crippen LogP contribution >= 0.6 is 0 Å². The van der Waals surface area contributed by atoms with Crippen LogP contribution in [0, 0.1) is 6.92 Å². The van der Waals surface area contributed by atoms with Crippen LogP contribution in [-0.4, -0.2) is 40.1 Å². The molecule has 2 atom stereocenters. The molecule has 0 aliphatic rings. The largest absolute Gasteiger partial charge is 0.496 e. The van der Waals surface area contributed by atoms with Gasteiger partial charge in [0.1, 0.15) is 12.6 Å². The third-order valence-electron chi connectivity index (χ3n) is 5.78. The van der Waals surface area contributed by atoms with Crippen molar-refractivity contribution in [3.05, 3.63) is 115 Å². The van der Waals surface area contributed by atoms with E-state index in [-0.39, 0.29) is 11.8 Å². The minimum absolute atomic E-state index is 0.00321. The molecule has 0 saturated carbocycles. The van der Waals surface area contributed by atoms with E-state index in [2.05, 4.69) is 40.2 Å². The molecule has 0 spiro atoms. The van der Waals surface area contributed by atoms with Gasteiger partial charge in [-0.15, -0.1) is 0 Å². The summed E-state index contributed by atoms with van der Waals surface area (Å²) in [6, 6.07) is 19.8. The first-order valence-corrected chi connectivity index (χ1v) is 12.7. The number of ether oxygens (including phenoxy) is 2. The monoisotopic (exact) mass is 518 g/mol. The predicted octanol–water partition coefficient (Wildman–Crippen LogP) is 5.33. The number of hydrogen-bond acceptors (Lipinski definition) is 6. The van der Waals surface area contributed by atoms with Gasteiger partial charge < -0.3 is 25.1 Å². The first-order chi connectivity index (χ1) is 18.0. The molecule has 0 saturated heterocycles. The van der Waals surface area contributed by atoms with Gasteiger partial charge in [0, 0.05) is 17.4 Å². The highest BCUT2D eigenvalue weighted by atomic mass is 16.5. The maximum Gasteiger partial charge on any atom is 0.154 e. The summed E-state index contributed by atoms with van der Waals surface area (Å²) in [7, 11) is 0. The van der Waals surface area contributed by atoms with Crippen molar-refractivity contribution in [2.45, 2.75) is 58.8 Å². The fourth-order valence-corrected chi connectivity index (χ4v) is 3.39. The van der Waals surface area contributed by atoms with E-state index in [0.717, 1.165) is 17.0 Å². The topological polar surface area (TPSA) is 91.4 Å². The summed E-state index contributed by atoms with van der Waals surface area (Å²) in [6.07, 6.45) is 3.87. The maximum absolute atomic E-state index is 11.6. The van der Waals surface area contributed by atoms with E-state index in [1.54, 1.807) is 0 Å². The zero-order valence-corrected chi connectivity index (χ0v) is 23.3. The van der Waals surface area contributed by atoms with Crippen LogP contribution in [0.3, 0.4) is 0 Å². The zero-order valence-electron chi connectivity index (χ0n) is 23.3. The third-order valence-corrected chi connectivity index (χ3v) is 5.78. The third kappa shape index (κ3) is 10.7. The van der Waals surface area contributed by atoms with Gasteiger partial charge in [-0.25, -0.2) is 4.98 Å². The molecule has 0 fully saturated rings. The summed E-state index contributed by atoms with van der Waals surface area (Å²) in [5.74, 6) is 0.733. The molecule has 1 heterocycles. The van der Waals surface area contributed by atoms with E-state index in [1.807, 2.05) is 88.8 Å². The Bertz CT molecular complexity index is 1150. The van der Waals surface area contributed by atoms with Gasteiger partial charge in [0.2, 0.25) is 0 Å². The van der Waals surface area contributed by atoms with Crippen LogP contribution < -0.4 is 11.1 Å². The fourth-order valence-electron chi connectivity index (χ4n) is 3.39. The van der Waals surface area contributed by atoms with E-state index in [4.69, 9.17) is 15.2 Å². The number of imidazole rings is 1. The van der Waals surface area contributed by atoms with Gasteiger partial charge in [-0.1, -0.05) is 73.8 Å². The molecule has 0 aliphatic heterocycles. The van der Waals surface area contributed by atoms with E-state index < -0.39 is 11.6 Å². The molecule has 3 aromatic rings. The average Bonchev–Trinajstić information content (AvgIpc) is 3.30. The summed E-state index contributed by atoms with van der Waals surface area (Å²) < 4.78 is 13.2. The van der Waals surface area contributed by atoms with Gasteiger partial charge in [-0.2, -0.15) is 0 Å². The molecule has 0 bridgehead atoms. The molecule has 204 valence electrons. The molecule has 0 radical (unpaired) electrons. The number of Topliss-reactive ketones (excluding diaryl/α,β-unsaturated/α-hetero) is 1. The van der Waals surface area contributed by atoms with Crippen molar-refractivity contribution < 1.29 is 14.3 Å². The molecule has 3 rings (SSSR count). The summed E-state index contributed by atoms with van der Waals surface area (Å²) in [6.45, 7) is 18.0. The second kappa shape index (κ2) is 14.9. The molecular weight excluding hydrogens is 476 g/mol. The van der Waals surface area contributed by atoms with Crippen LogP contribution in [-0.2, 0) is 20.9 Å². The first kappa shape index (κ1) is 30.5. The van der Waals surface area contributed by atoms with Crippen LogP contribution in [0.1, 0.15) is 50.6 Å². The molecule has 7 nitrogen and oxygen atoms in total.